The Labute approximate surface area is 120 Å². The van der Waals surface area contributed by atoms with Crippen LogP contribution >= 0.6 is 12.6 Å². The summed E-state index contributed by atoms with van der Waals surface area (Å²) in [4.78, 5) is 20.2. The normalized spacial score (nSPS) is 10.1. The maximum Gasteiger partial charge on any atom is 0.276 e. The fourth-order valence-corrected chi connectivity index (χ4v) is 1.78. The monoisotopic (exact) mass is 298 g/mol. The summed E-state index contributed by atoms with van der Waals surface area (Å²) in [6.45, 7) is 0.569. The van der Waals surface area contributed by atoms with E-state index in [1.807, 2.05) is 0 Å². The summed E-state index contributed by atoms with van der Waals surface area (Å²) < 4.78 is 0. The molecular formula is C11H14N4O4S. The van der Waals surface area contributed by atoms with Crippen LogP contribution in [0, 0.1) is 25.6 Å². The Morgan fingerprint density at radius 1 is 1.15 bits per heavy atom. The Morgan fingerprint density at radius 2 is 1.70 bits per heavy atom. The van der Waals surface area contributed by atoms with E-state index in [2.05, 4.69) is 17.9 Å². The molecule has 0 aromatic heterocycles. The molecule has 0 spiro atoms. The number of hydrogen-bond acceptors (Lipinski definition) is 5. The summed E-state index contributed by atoms with van der Waals surface area (Å²) in [7, 11) is 0. The second-order valence-corrected chi connectivity index (χ2v) is 4.55. The summed E-state index contributed by atoms with van der Waals surface area (Å²) in [5, 5.41) is 31.3. The minimum atomic E-state index is -0.639. The number of amidine groups is 1. The van der Waals surface area contributed by atoms with Gasteiger partial charge in [0, 0.05) is 18.7 Å². The molecular weight excluding hydrogens is 284 g/mol. The van der Waals surface area contributed by atoms with Crippen molar-refractivity contribution in [1.29, 1.82) is 5.41 Å². The number of unbranched alkanes of at least 4 members (excludes halogenated alkanes) is 1. The highest BCUT2D eigenvalue weighted by Gasteiger charge is 2.15. The van der Waals surface area contributed by atoms with Crippen molar-refractivity contribution >= 4 is 29.2 Å². The zero-order valence-corrected chi connectivity index (χ0v) is 11.4. The lowest BCUT2D eigenvalue weighted by atomic mass is 10.1. The lowest BCUT2D eigenvalue weighted by molar-refractivity contribution is -0.394. The molecule has 0 radical (unpaired) electrons. The first kappa shape index (κ1) is 15.9. The molecule has 9 heteroatoms. The first-order chi connectivity index (χ1) is 9.40. The third-order valence-corrected chi connectivity index (χ3v) is 2.73. The fraction of sp³-hybridized carbons (Fsp3) is 0.364. The summed E-state index contributed by atoms with van der Waals surface area (Å²) in [6.07, 6.45) is 1.94. The number of rotatable bonds is 7. The topological polar surface area (TPSA) is 122 Å². The van der Waals surface area contributed by atoms with E-state index in [-0.39, 0.29) is 16.5 Å². The van der Waals surface area contributed by atoms with E-state index in [1.165, 1.54) is 12.1 Å². The molecule has 0 fully saturated rings. The smallest absolute Gasteiger partial charge is 0.276 e. The lowest BCUT2D eigenvalue weighted by Crippen LogP contribution is -2.18. The number of aryl methyl sites for hydroxylation is 1. The molecule has 0 saturated heterocycles. The van der Waals surface area contributed by atoms with Crippen molar-refractivity contribution < 1.29 is 9.85 Å². The third-order valence-electron chi connectivity index (χ3n) is 2.57. The Kier molecular flexibility index (Phi) is 5.91. The molecule has 0 aliphatic rings. The van der Waals surface area contributed by atoms with Gasteiger partial charge in [0.25, 0.3) is 11.4 Å². The van der Waals surface area contributed by atoms with E-state index in [4.69, 9.17) is 5.41 Å². The van der Waals surface area contributed by atoms with Crippen LogP contribution in [0.2, 0.25) is 0 Å². The largest absolute Gasteiger partial charge is 0.365 e. The van der Waals surface area contributed by atoms with E-state index in [0.29, 0.717) is 24.9 Å². The van der Waals surface area contributed by atoms with Crippen LogP contribution in [0.4, 0.5) is 11.4 Å². The van der Waals surface area contributed by atoms with Crippen molar-refractivity contribution in [3.05, 3.63) is 44.0 Å². The van der Waals surface area contributed by atoms with Crippen LogP contribution < -0.4 is 5.32 Å². The fourth-order valence-electron chi connectivity index (χ4n) is 1.67. The van der Waals surface area contributed by atoms with Crippen LogP contribution in [0.25, 0.3) is 0 Å². The number of thiol groups is 1. The van der Waals surface area contributed by atoms with Crippen LogP contribution in [0.15, 0.2) is 18.2 Å². The summed E-state index contributed by atoms with van der Waals surface area (Å²) in [6, 6.07) is 3.65. The number of nitro groups is 2. The first-order valence-electron chi connectivity index (χ1n) is 5.84. The summed E-state index contributed by atoms with van der Waals surface area (Å²) in [5.41, 5.74) is 0.0146. The Bertz CT molecular complexity index is 503. The Balaban J connectivity index is 2.67. The second-order valence-electron chi connectivity index (χ2n) is 4.10. The molecule has 1 rings (SSSR count). The van der Waals surface area contributed by atoms with Crippen LogP contribution in [-0.4, -0.2) is 21.6 Å². The second kappa shape index (κ2) is 7.43. The molecule has 0 unspecified atom stereocenters. The highest BCUT2D eigenvalue weighted by Crippen LogP contribution is 2.23. The van der Waals surface area contributed by atoms with E-state index in [1.54, 1.807) is 0 Å². The molecule has 108 valence electrons. The molecule has 0 aliphatic heterocycles. The first-order valence-corrected chi connectivity index (χ1v) is 6.29. The van der Waals surface area contributed by atoms with E-state index < -0.39 is 9.85 Å². The van der Waals surface area contributed by atoms with Crippen molar-refractivity contribution in [3.8, 4) is 0 Å². The maximum absolute atomic E-state index is 10.7. The van der Waals surface area contributed by atoms with Gasteiger partial charge in [0.2, 0.25) is 0 Å². The maximum atomic E-state index is 10.7. The van der Waals surface area contributed by atoms with Gasteiger partial charge in [-0.25, -0.2) is 0 Å². The van der Waals surface area contributed by atoms with Crippen LogP contribution in [-0.2, 0) is 6.42 Å². The number of hydrogen-bond donors (Lipinski definition) is 3. The molecule has 0 saturated carbocycles. The predicted octanol–water partition coefficient (Wildman–Crippen LogP) is 2.28. The van der Waals surface area contributed by atoms with E-state index in [9.17, 15) is 20.2 Å². The molecule has 20 heavy (non-hydrogen) atoms. The van der Waals surface area contributed by atoms with Gasteiger partial charge in [-0.15, -0.1) is 12.6 Å². The minimum Gasteiger partial charge on any atom is -0.365 e. The average molecular weight is 298 g/mol. The van der Waals surface area contributed by atoms with E-state index >= 15 is 0 Å². The Morgan fingerprint density at radius 3 is 2.15 bits per heavy atom. The number of non-ortho nitro benzene ring substituents is 2. The third kappa shape index (κ3) is 5.22. The quantitative estimate of drug-likeness (QED) is 0.178. The highest BCUT2D eigenvalue weighted by molar-refractivity contribution is 7.96. The SMILES string of the molecule is N=C(S)NCCCCc1cc([N+](=O)[O-])cc([N+](=O)[O-])c1. The van der Waals surface area contributed by atoms with Gasteiger partial charge in [0.15, 0.2) is 5.17 Å². The lowest BCUT2D eigenvalue weighted by Gasteiger charge is -2.04. The van der Waals surface area contributed by atoms with Gasteiger partial charge in [-0.2, -0.15) is 0 Å². The Hall–Kier alpha value is -2.16. The standard InChI is InChI=1S/C11H14N4O4S/c12-11(20)13-4-2-1-3-8-5-9(14(16)17)7-10(6-8)15(18)19/h5-7H,1-4H2,(H3,12,13,20). The van der Waals surface area contributed by atoms with Crippen molar-refractivity contribution in [2.75, 3.05) is 6.54 Å². The van der Waals surface area contributed by atoms with E-state index in [0.717, 1.165) is 12.5 Å². The molecule has 1 aromatic carbocycles. The molecule has 0 heterocycles. The van der Waals surface area contributed by atoms with Gasteiger partial charge < -0.3 is 5.32 Å². The van der Waals surface area contributed by atoms with Gasteiger partial charge in [-0.1, -0.05) is 0 Å². The minimum absolute atomic E-state index is 0.0796. The predicted molar refractivity (Wildman–Crippen MR) is 77.4 cm³/mol. The number of nitrogens with zero attached hydrogens (tertiary/aromatic N) is 2. The van der Waals surface area contributed by atoms with Crippen LogP contribution in [0.3, 0.4) is 0 Å². The number of nitro benzene ring substituents is 2. The highest BCUT2D eigenvalue weighted by atomic mass is 32.1. The van der Waals surface area contributed by atoms with Crippen molar-refractivity contribution in [2.45, 2.75) is 19.3 Å². The molecule has 0 aliphatic carbocycles. The molecule has 0 amide bonds. The molecule has 0 bridgehead atoms. The molecule has 8 nitrogen and oxygen atoms in total. The van der Waals surface area contributed by atoms with Gasteiger partial charge in [0.05, 0.1) is 15.9 Å². The summed E-state index contributed by atoms with van der Waals surface area (Å²) in [5.74, 6) is 0. The zero-order chi connectivity index (χ0) is 15.1. The summed E-state index contributed by atoms with van der Waals surface area (Å²) >= 11 is 3.76. The molecule has 0 atom stereocenters. The number of benzene rings is 1. The van der Waals surface area contributed by atoms with Crippen molar-refractivity contribution in [1.82, 2.24) is 5.32 Å². The van der Waals surface area contributed by atoms with Crippen LogP contribution in [0.1, 0.15) is 18.4 Å². The van der Waals surface area contributed by atoms with Gasteiger partial charge in [0.1, 0.15) is 0 Å². The molecule has 1 aromatic rings. The van der Waals surface area contributed by atoms with Crippen molar-refractivity contribution in [2.24, 2.45) is 0 Å². The number of nitrogens with one attached hydrogen (secondary N) is 2. The zero-order valence-electron chi connectivity index (χ0n) is 10.5. The average Bonchev–Trinajstić information content (AvgIpc) is 2.37. The van der Waals surface area contributed by atoms with Gasteiger partial charge in [-0.05, 0) is 24.8 Å². The van der Waals surface area contributed by atoms with Gasteiger partial charge in [-0.3, -0.25) is 25.6 Å². The van der Waals surface area contributed by atoms with Gasteiger partial charge >= 0.3 is 0 Å². The van der Waals surface area contributed by atoms with Crippen LogP contribution in [0.5, 0.6) is 0 Å². The van der Waals surface area contributed by atoms with Crippen molar-refractivity contribution in [3.63, 3.8) is 0 Å². The molecule has 2 N–H and O–H groups in total.